The normalized spacial score (nSPS) is 15.6. The molecule has 1 aliphatic rings. The number of aliphatic hydroxyl groups excluding tert-OH is 1. The largest absolute Gasteiger partial charge is 0.503 e. The number of hydrogen-bond donors (Lipinski definition) is 2. The molecule has 0 radical (unpaired) electrons. The van der Waals surface area contributed by atoms with Crippen molar-refractivity contribution in [2.45, 2.75) is 25.8 Å². The number of hydrogen-bond acceptors (Lipinski definition) is 5. The number of Topliss-reactive ketones (excluding diaryl/α,β-unsaturated/α-hetero) is 1. The van der Waals surface area contributed by atoms with E-state index in [-0.39, 0.29) is 23.7 Å². The Morgan fingerprint density at radius 1 is 1.03 bits per heavy atom. The van der Waals surface area contributed by atoms with E-state index >= 15 is 0 Å². The highest BCUT2D eigenvalue weighted by Crippen LogP contribution is 2.41. The molecule has 0 fully saturated rings. The zero-order chi connectivity index (χ0) is 23.4. The molecule has 3 aromatic rings. The number of carbonyl (C=O) groups is 3. The second-order valence-corrected chi connectivity index (χ2v) is 7.73. The minimum absolute atomic E-state index is 0.0274. The van der Waals surface area contributed by atoms with Crippen LogP contribution in [0.15, 0.2) is 90.3 Å². The highest BCUT2D eigenvalue weighted by Gasteiger charge is 2.44. The van der Waals surface area contributed by atoms with Gasteiger partial charge in [0, 0.05) is 30.9 Å². The predicted molar refractivity (Wildman–Crippen MR) is 125 cm³/mol. The van der Waals surface area contributed by atoms with E-state index in [1.807, 2.05) is 30.3 Å². The highest BCUT2D eigenvalue weighted by molar-refractivity contribution is 6.16. The van der Waals surface area contributed by atoms with Crippen molar-refractivity contribution in [3.8, 4) is 0 Å². The highest BCUT2D eigenvalue weighted by atomic mass is 16.3. The number of nitrogens with zero attached hydrogens (tertiary/aromatic N) is 2. The molecule has 7 heteroatoms. The molecule has 0 aliphatic carbocycles. The Balaban J connectivity index is 1.71. The number of anilines is 2. The topological polar surface area (TPSA) is 99.6 Å². The number of pyridine rings is 1. The molecule has 0 saturated heterocycles. The molecule has 2 amide bonds. The van der Waals surface area contributed by atoms with Crippen LogP contribution in [0.25, 0.3) is 0 Å². The summed E-state index contributed by atoms with van der Waals surface area (Å²) >= 11 is 0. The molecule has 166 valence electrons. The average Bonchev–Trinajstić information content (AvgIpc) is 3.09. The number of aliphatic hydroxyl groups is 1. The number of nitrogens with one attached hydrogen (secondary N) is 1. The Morgan fingerprint density at radius 2 is 1.79 bits per heavy atom. The molecule has 0 bridgehead atoms. The fourth-order valence-corrected chi connectivity index (χ4v) is 3.95. The lowest BCUT2D eigenvalue weighted by Gasteiger charge is -2.26. The SMILES string of the molecule is CC(=O)Nc1cccc(N2C(=O)C(O)=C(C(=O)CCc3ccccc3)C2c2ccccn2)c1. The van der Waals surface area contributed by atoms with Crippen molar-refractivity contribution in [2.24, 2.45) is 0 Å². The average molecular weight is 441 g/mol. The van der Waals surface area contributed by atoms with Crippen LogP contribution in [0.5, 0.6) is 0 Å². The van der Waals surface area contributed by atoms with Crippen LogP contribution in [0.3, 0.4) is 0 Å². The molecule has 4 rings (SSSR count). The van der Waals surface area contributed by atoms with E-state index in [0.717, 1.165) is 5.56 Å². The van der Waals surface area contributed by atoms with Gasteiger partial charge in [-0.1, -0.05) is 42.5 Å². The lowest BCUT2D eigenvalue weighted by atomic mass is 9.95. The zero-order valence-electron chi connectivity index (χ0n) is 18.1. The van der Waals surface area contributed by atoms with Crippen LogP contribution >= 0.6 is 0 Å². The predicted octanol–water partition coefficient (Wildman–Crippen LogP) is 4.14. The van der Waals surface area contributed by atoms with E-state index in [1.54, 1.807) is 48.7 Å². The minimum atomic E-state index is -0.880. The summed E-state index contributed by atoms with van der Waals surface area (Å²) < 4.78 is 0. The molecule has 2 N–H and O–H groups in total. The molecular formula is C26H23N3O4. The van der Waals surface area contributed by atoms with Crippen molar-refractivity contribution in [1.82, 2.24) is 4.98 Å². The van der Waals surface area contributed by atoms with E-state index in [9.17, 15) is 19.5 Å². The second kappa shape index (κ2) is 9.48. The first-order valence-corrected chi connectivity index (χ1v) is 10.6. The summed E-state index contributed by atoms with van der Waals surface area (Å²) in [5.74, 6) is -1.83. The first-order valence-electron chi connectivity index (χ1n) is 10.6. The summed E-state index contributed by atoms with van der Waals surface area (Å²) in [6.45, 7) is 1.39. The first kappa shape index (κ1) is 22.0. The smallest absolute Gasteiger partial charge is 0.294 e. The Kier molecular flexibility index (Phi) is 6.31. The van der Waals surface area contributed by atoms with Gasteiger partial charge in [-0.05, 0) is 42.3 Å². The van der Waals surface area contributed by atoms with Crippen LogP contribution in [-0.2, 0) is 20.8 Å². The first-order chi connectivity index (χ1) is 16.0. The van der Waals surface area contributed by atoms with Crippen molar-refractivity contribution in [2.75, 3.05) is 10.2 Å². The maximum absolute atomic E-state index is 13.3. The third-order valence-corrected chi connectivity index (χ3v) is 5.40. The Hall–Kier alpha value is -4.26. The summed E-state index contributed by atoms with van der Waals surface area (Å²) in [6.07, 6.45) is 2.20. The van der Waals surface area contributed by atoms with Gasteiger partial charge < -0.3 is 10.4 Å². The van der Waals surface area contributed by atoms with Gasteiger partial charge in [-0.25, -0.2) is 0 Å². The Morgan fingerprint density at radius 3 is 2.48 bits per heavy atom. The standard InChI is InChI=1S/C26H23N3O4/c1-17(30)28-19-10-7-11-20(16-19)29-24(21-12-5-6-15-27-21)23(25(32)26(29)33)22(31)14-13-18-8-3-2-4-9-18/h2-12,15-16,24,32H,13-14H2,1H3,(H,28,30). The van der Waals surface area contributed by atoms with Crippen molar-refractivity contribution in [3.63, 3.8) is 0 Å². The van der Waals surface area contributed by atoms with E-state index in [0.29, 0.717) is 23.5 Å². The van der Waals surface area contributed by atoms with Gasteiger partial charge in [0.15, 0.2) is 11.5 Å². The summed E-state index contributed by atoms with van der Waals surface area (Å²) in [7, 11) is 0. The third kappa shape index (κ3) is 4.67. The number of ketones is 1. The Labute approximate surface area is 191 Å². The molecule has 0 saturated carbocycles. The lowest BCUT2D eigenvalue weighted by Crippen LogP contribution is -2.31. The van der Waals surface area contributed by atoms with Crippen LogP contribution < -0.4 is 10.2 Å². The van der Waals surface area contributed by atoms with Crippen molar-refractivity contribution in [3.05, 3.63) is 102 Å². The third-order valence-electron chi connectivity index (χ3n) is 5.40. The van der Waals surface area contributed by atoms with E-state index in [4.69, 9.17) is 0 Å². The van der Waals surface area contributed by atoms with Gasteiger partial charge in [-0.15, -0.1) is 0 Å². The van der Waals surface area contributed by atoms with Gasteiger partial charge >= 0.3 is 0 Å². The maximum Gasteiger partial charge on any atom is 0.294 e. The molecule has 1 aromatic heterocycles. The molecule has 1 atom stereocenters. The van der Waals surface area contributed by atoms with Crippen LogP contribution in [-0.4, -0.2) is 27.7 Å². The minimum Gasteiger partial charge on any atom is -0.503 e. The van der Waals surface area contributed by atoms with Gasteiger partial charge in [0.1, 0.15) is 6.04 Å². The molecular weight excluding hydrogens is 418 g/mol. The second-order valence-electron chi connectivity index (χ2n) is 7.73. The lowest BCUT2D eigenvalue weighted by molar-refractivity contribution is -0.118. The monoisotopic (exact) mass is 441 g/mol. The van der Waals surface area contributed by atoms with Gasteiger partial charge in [0.25, 0.3) is 5.91 Å². The van der Waals surface area contributed by atoms with Crippen LogP contribution in [0.1, 0.15) is 30.6 Å². The number of aryl methyl sites for hydroxylation is 1. The molecule has 2 heterocycles. The van der Waals surface area contributed by atoms with Crippen molar-refractivity contribution in [1.29, 1.82) is 0 Å². The summed E-state index contributed by atoms with van der Waals surface area (Å²) in [6, 6.07) is 20.6. The number of carbonyl (C=O) groups excluding carboxylic acids is 3. The van der Waals surface area contributed by atoms with E-state index < -0.39 is 17.7 Å². The maximum atomic E-state index is 13.3. The van der Waals surface area contributed by atoms with Crippen LogP contribution in [0.4, 0.5) is 11.4 Å². The fourth-order valence-electron chi connectivity index (χ4n) is 3.95. The summed E-state index contributed by atoms with van der Waals surface area (Å²) in [5.41, 5.74) is 2.40. The summed E-state index contributed by atoms with van der Waals surface area (Å²) in [5, 5.41) is 13.5. The molecule has 2 aromatic carbocycles. The van der Waals surface area contributed by atoms with Crippen molar-refractivity contribution < 1.29 is 19.5 Å². The molecule has 1 unspecified atom stereocenters. The quantitative estimate of drug-likeness (QED) is 0.574. The number of benzene rings is 2. The number of rotatable bonds is 7. The van der Waals surface area contributed by atoms with Crippen LogP contribution in [0.2, 0.25) is 0 Å². The van der Waals surface area contributed by atoms with Gasteiger partial charge in [-0.3, -0.25) is 24.3 Å². The van der Waals surface area contributed by atoms with Gasteiger partial charge in [-0.2, -0.15) is 0 Å². The van der Waals surface area contributed by atoms with E-state index in [2.05, 4.69) is 10.3 Å². The number of amides is 2. The molecule has 1 aliphatic heterocycles. The summed E-state index contributed by atoms with van der Waals surface area (Å²) in [4.78, 5) is 43.6. The Bertz CT molecular complexity index is 1220. The molecule has 33 heavy (non-hydrogen) atoms. The van der Waals surface area contributed by atoms with Crippen molar-refractivity contribution >= 4 is 29.0 Å². The fraction of sp³-hybridized carbons (Fsp3) is 0.154. The van der Waals surface area contributed by atoms with Gasteiger partial charge in [0.05, 0.1) is 11.3 Å². The van der Waals surface area contributed by atoms with Crippen LogP contribution in [0, 0.1) is 0 Å². The molecule has 0 spiro atoms. The zero-order valence-corrected chi connectivity index (χ0v) is 18.1. The van der Waals surface area contributed by atoms with E-state index in [1.165, 1.54) is 11.8 Å². The number of aromatic nitrogens is 1. The molecule has 7 nitrogen and oxygen atoms in total. The van der Waals surface area contributed by atoms with Gasteiger partial charge in [0.2, 0.25) is 5.91 Å².